The first-order valence-electron chi connectivity index (χ1n) is 8.21. The maximum absolute atomic E-state index is 12.7. The van der Waals surface area contributed by atoms with Crippen molar-refractivity contribution in [1.29, 1.82) is 0 Å². The van der Waals surface area contributed by atoms with Gasteiger partial charge in [0.05, 0.1) is 10.4 Å². The van der Waals surface area contributed by atoms with E-state index in [2.05, 4.69) is 9.71 Å². The minimum Gasteiger partial charge on any atom is -0.408 e. The van der Waals surface area contributed by atoms with Crippen LogP contribution in [0.15, 0.2) is 79.0 Å². The number of aryl methyl sites for hydroxylation is 2. The molecule has 0 aliphatic rings. The summed E-state index contributed by atoms with van der Waals surface area (Å²) >= 11 is 1.48. The van der Waals surface area contributed by atoms with Crippen LogP contribution in [0.5, 0.6) is 0 Å². The van der Waals surface area contributed by atoms with Crippen LogP contribution >= 0.6 is 11.8 Å². The SMILES string of the molecule is Cn1ccnc1Sc1ccc(NS(=O)(=O)c2ccc3c(c2)oc(=O)n3C)cc1. The zero-order valence-electron chi connectivity index (χ0n) is 15.0. The topological polar surface area (TPSA) is 99.1 Å². The molecule has 2 aromatic heterocycles. The second-order valence-electron chi connectivity index (χ2n) is 6.11. The largest absolute Gasteiger partial charge is 0.419 e. The van der Waals surface area contributed by atoms with Gasteiger partial charge in [-0.15, -0.1) is 0 Å². The van der Waals surface area contributed by atoms with Gasteiger partial charge in [-0.1, -0.05) is 11.8 Å². The van der Waals surface area contributed by atoms with Crippen LogP contribution < -0.4 is 10.5 Å². The average molecular weight is 416 g/mol. The molecule has 4 aromatic rings. The zero-order valence-corrected chi connectivity index (χ0v) is 16.6. The van der Waals surface area contributed by atoms with Crippen LogP contribution in [0.2, 0.25) is 0 Å². The Balaban J connectivity index is 1.56. The molecule has 0 bridgehead atoms. The van der Waals surface area contributed by atoms with Crippen molar-refractivity contribution in [3.05, 3.63) is 65.4 Å². The lowest BCUT2D eigenvalue weighted by atomic mass is 10.3. The number of hydrogen-bond acceptors (Lipinski definition) is 6. The van der Waals surface area contributed by atoms with Crippen LogP contribution in [0, 0.1) is 0 Å². The third kappa shape index (κ3) is 3.43. The number of imidazole rings is 1. The van der Waals surface area contributed by atoms with E-state index in [1.165, 1.54) is 28.5 Å². The van der Waals surface area contributed by atoms with Gasteiger partial charge in [0.15, 0.2) is 10.7 Å². The maximum Gasteiger partial charge on any atom is 0.419 e. The van der Waals surface area contributed by atoms with Crippen molar-refractivity contribution in [2.45, 2.75) is 14.9 Å². The molecule has 0 fully saturated rings. The summed E-state index contributed by atoms with van der Waals surface area (Å²) in [5.74, 6) is -0.543. The summed E-state index contributed by atoms with van der Waals surface area (Å²) in [6.45, 7) is 0. The van der Waals surface area contributed by atoms with E-state index >= 15 is 0 Å². The van der Waals surface area contributed by atoms with Crippen molar-refractivity contribution < 1.29 is 12.8 Å². The van der Waals surface area contributed by atoms with Crippen molar-refractivity contribution in [3.8, 4) is 0 Å². The fourth-order valence-electron chi connectivity index (χ4n) is 2.64. The quantitative estimate of drug-likeness (QED) is 0.537. The molecule has 2 aromatic carbocycles. The molecule has 0 spiro atoms. The van der Waals surface area contributed by atoms with E-state index in [4.69, 9.17) is 4.42 Å². The molecule has 144 valence electrons. The van der Waals surface area contributed by atoms with Gasteiger partial charge in [0, 0.05) is 43.1 Å². The molecule has 0 atom stereocenters. The van der Waals surface area contributed by atoms with Crippen LogP contribution in [0.4, 0.5) is 5.69 Å². The molecule has 2 heterocycles. The van der Waals surface area contributed by atoms with Gasteiger partial charge in [0.1, 0.15) is 0 Å². The fourth-order valence-corrected chi connectivity index (χ4v) is 4.52. The molecule has 0 unspecified atom stereocenters. The Bertz CT molecular complexity index is 1320. The fraction of sp³-hybridized carbons (Fsp3) is 0.111. The molecule has 0 saturated heterocycles. The van der Waals surface area contributed by atoms with Crippen LogP contribution in [0.1, 0.15) is 0 Å². The Kier molecular flexibility index (Phi) is 4.52. The molecule has 8 nitrogen and oxygen atoms in total. The van der Waals surface area contributed by atoms with Gasteiger partial charge >= 0.3 is 5.76 Å². The number of aromatic nitrogens is 3. The van der Waals surface area contributed by atoms with E-state index in [9.17, 15) is 13.2 Å². The molecule has 10 heteroatoms. The molecule has 1 N–H and O–H groups in total. The number of rotatable bonds is 5. The van der Waals surface area contributed by atoms with Gasteiger partial charge in [-0.3, -0.25) is 9.29 Å². The van der Waals surface area contributed by atoms with E-state index in [0.29, 0.717) is 11.2 Å². The molecule has 0 amide bonds. The number of anilines is 1. The monoisotopic (exact) mass is 416 g/mol. The van der Waals surface area contributed by atoms with E-state index in [0.717, 1.165) is 10.1 Å². The molecule has 0 saturated carbocycles. The first-order valence-corrected chi connectivity index (χ1v) is 10.5. The average Bonchev–Trinajstić information content (AvgIpc) is 3.19. The van der Waals surface area contributed by atoms with E-state index in [1.54, 1.807) is 31.4 Å². The highest BCUT2D eigenvalue weighted by atomic mass is 32.2. The number of hydrogen-bond donors (Lipinski definition) is 1. The lowest BCUT2D eigenvalue weighted by molar-refractivity contribution is 0.527. The van der Waals surface area contributed by atoms with Crippen LogP contribution in [-0.4, -0.2) is 22.5 Å². The van der Waals surface area contributed by atoms with Crippen molar-refractivity contribution in [1.82, 2.24) is 14.1 Å². The number of sulfonamides is 1. The van der Waals surface area contributed by atoms with Crippen molar-refractivity contribution in [2.24, 2.45) is 14.1 Å². The van der Waals surface area contributed by atoms with Gasteiger partial charge in [-0.25, -0.2) is 18.2 Å². The normalized spacial score (nSPS) is 11.8. The van der Waals surface area contributed by atoms with Crippen molar-refractivity contribution in [2.75, 3.05) is 4.72 Å². The Labute approximate surface area is 164 Å². The number of fused-ring (bicyclic) bond motifs is 1. The molecule has 0 radical (unpaired) electrons. The number of nitrogens with one attached hydrogen (secondary N) is 1. The number of benzene rings is 2. The predicted octanol–water partition coefficient (Wildman–Crippen LogP) is 2.82. The Morgan fingerprint density at radius 2 is 1.86 bits per heavy atom. The van der Waals surface area contributed by atoms with Gasteiger partial charge in [0.2, 0.25) is 0 Å². The molecule has 0 aliphatic carbocycles. The summed E-state index contributed by atoms with van der Waals surface area (Å²) in [4.78, 5) is 16.8. The molecule has 0 aliphatic heterocycles. The Morgan fingerprint density at radius 1 is 1.11 bits per heavy atom. The van der Waals surface area contributed by atoms with Gasteiger partial charge in [-0.05, 0) is 36.4 Å². The van der Waals surface area contributed by atoms with Crippen molar-refractivity contribution >= 4 is 38.6 Å². The Hall–Kier alpha value is -2.98. The second-order valence-corrected chi connectivity index (χ2v) is 8.83. The minimum atomic E-state index is -3.82. The number of oxazole rings is 1. The molecule has 4 rings (SSSR count). The van der Waals surface area contributed by atoms with Gasteiger partial charge in [0.25, 0.3) is 10.0 Å². The second kappa shape index (κ2) is 6.88. The highest BCUT2D eigenvalue weighted by Crippen LogP contribution is 2.27. The highest BCUT2D eigenvalue weighted by Gasteiger charge is 2.17. The minimum absolute atomic E-state index is 0.0146. The van der Waals surface area contributed by atoms with E-state index in [1.807, 2.05) is 29.9 Å². The third-order valence-corrected chi connectivity index (χ3v) is 6.63. The summed E-state index contributed by atoms with van der Waals surface area (Å²) in [7, 11) is -0.356. The van der Waals surface area contributed by atoms with Crippen LogP contribution in [0.3, 0.4) is 0 Å². The first kappa shape index (κ1) is 18.4. The smallest absolute Gasteiger partial charge is 0.408 e. The lowest BCUT2D eigenvalue weighted by Crippen LogP contribution is -2.12. The molecular weight excluding hydrogens is 400 g/mol. The van der Waals surface area contributed by atoms with E-state index in [-0.39, 0.29) is 10.5 Å². The summed E-state index contributed by atoms with van der Waals surface area (Å²) in [6.07, 6.45) is 3.58. The van der Waals surface area contributed by atoms with Crippen molar-refractivity contribution in [3.63, 3.8) is 0 Å². The highest BCUT2D eigenvalue weighted by molar-refractivity contribution is 7.99. The van der Waals surface area contributed by atoms with Gasteiger partial charge in [-0.2, -0.15) is 0 Å². The molecule has 28 heavy (non-hydrogen) atoms. The number of nitrogens with zero attached hydrogens (tertiary/aromatic N) is 3. The van der Waals surface area contributed by atoms with E-state index < -0.39 is 15.8 Å². The predicted molar refractivity (Wildman–Crippen MR) is 106 cm³/mol. The van der Waals surface area contributed by atoms with Crippen LogP contribution in [-0.2, 0) is 24.1 Å². The standard InChI is InChI=1S/C18H16N4O4S2/c1-21-10-9-19-17(21)27-13-5-3-12(4-6-13)20-28(24,25)14-7-8-15-16(11-14)26-18(23)22(15)2/h3-11,20H,1-2H3. The maximum atomic E-state index is 12.7. The summed E-state index contributed by atoms with van der Waals surface area (Å²) in [6, 6.07) is 11.3. The van der Waals surface area contributed by atoms with Crippen LogP contribution in [0.25, 0.3) is 11.1 Å². The summed E-state index contributed by atoms with van der Waals surface area (Å²) in [5, 5.41) is 0.839. The Morgan fingerprint density at radius 3 is 2.54 bits per heavy atom. The lowest BCUT2D eigenvalue weighted by Gasteiger charge is -2.09. The molecular formula is C18H16N4O4S2. The van der Waals surface area contributed by atoms with Gasteiger partial charge < -0.3 is 8.98 Å². The third-order valence-electron chi connectivity index (χ3n) is 4.17. The summed E-state index contributed by atoms with van der Waals surface area (Å²) in [5.41, 5.74) is 1.18. The first-order chi connectivity index (χ1) is 13.3. The summed E-state index contributed by atoms with van der Waals surface area (Å²) < 4.78 is 36.2. The zero-order chi connectivity index (χ0) is 19.9.